The van der Waals surface area contributed by atoms with Crippen molar-refractivity contribution in [2.75, 3.05) is 18.0 Å². The van der Waals surface area contributed by atoms with E-state index in [1.54, 1.807) is 12.1 Å². The number of nitro benzene ring substituents is 2. The molecule has 2 aromatic carbocycles. The summed E-state index contributed by atoms with van der Waals surface area (Å²) < 4.78 is 0. The number of nitrogens with zero attached hydrogens (tertiary/aromatic N) is 5. The van der Waals surface area contributed by atoms with Crippen molar-refractivity contribution >= 4 is 28.4 Å². The van der Waals surface area contributed by atoms with Gasteiger partial charge in [-0.05, 0) is 25.0 Å². The third kappa shape index (κ3) is 6.11. The molecule has 0 spiro atoms. The lowest BCUT2D eigenvalue weighted by Gasteiger charge is -2.25. The second-order valence-corrected chi connectivity index (χ2v) is 6.91. The first-order valence-electron chi connectivity index (χ1n) is 9.93. The van der Waals surface area contributed by atoms with Crippen molar-refractivity contribution in [1.29, 1.82) is 0 Å². The number of rotatable bonds is 11. The Labute approximate surface area is 179 Å². The fourth-order valence-corrected chi connectivity index (χ4v) is 2.88. The summed E-state index contributed by atoms with van der Waals surface area (Å²) in [6.45, 7) is 5.91. The zero-order valence-corrected chi connectivity index (χ0v) is 17.4. The highest BCUT2D eigenvalue weighted by atomic mass is 16.6. The number of hydrogen-bond acceptors (Lipinski definition) is 9. The molecule has 2 N–H and O–H groups in total. The minimum Gasteiger partial charge on any atom is -0.506 e. The number of phenolic OH excluding ortho intramolecular Hbond substituents is 2. The number of hydrogen-bond donors (Lipinski definition) is 2. The van der Waals surface area contributed by atoms with Gasteiger partial charge < -0.3 is 15.1 Å². The van der Waals surface area contributed by atoms with Crippen LogP contribution in [0.2, 0.25) is 0 Å². The van der Waals surface area contributed by atoms with Crippen molar-refractivity contribution in [3.8, 4) is 11.5 Å². The molecule has 0 amide bonds. The molecule has 0 fully saturated rings. The zero-order chi connectivity index (χ0) is 23.0. The van der Waals surface area contributed by atoms with Gasteiger partial charge >= 0.3 is 5.69 Å². The van der Waals surface area contributed by atoms with Gasteiger partial charge in [-0.25, -0.2) is 0 Å². The summed E-state index contributed by atoms with van der Waals surface area (Å²) in [6, 6.07) is 6.36. The van der Waals surface area contributed by atoms with Crippen molar-refractivity contribution in [3.05, 3.63) is 50.6 Å². The van der Waals surface area contributed by atoms with Crippen molar-refractivity contribution in [2.24, 2.45) is 10.2 Å². The minimum atomic E-state index is -0.950. The number of anilines is 1. The molecule has 0 radical (unpaired) electrons. The molecule has 0 aliphatic rings. The lowest BCUT2D eigenvalue weighted by atomic mass is 10.2. The van der Waals surface area contributed by atoms with Crippen LogP contribution in [0.3, 0.4) is 0 Å². The number of azo groups is 1. The Balaban J connectivity index is 2.34. The Bertz CT molecular complexity index is 971. The number of unbranched alkanes of at least 4 members (excludes halogenated alkanes) is 2. The van der Waals surface area contributed by atoms with Gasteiger partial charge in [-0.3, -0.25) is 20.2 Å². The molecule has 0 aliphatic heterocycles. The van der Waals surface area contributed by atoms with E-state index >= 15 is 0 Å². The van der Waals surface area contributed by atoms with Crippen molar-refractivity contribution in [1.82, 2.24) is 0 Å². The summed E-state index contributed by atoms with van der Waals surface area (Å²) in [4.78, 5) is 22.4. The number of benzene rings is 2. The SMILES string of the molecule is CCCCN(CCCC)c1ccc(N=Nc2cc([N+](=O)[O-])cc([N+](=O)[O-])c2O)c(O)c1. The van der Waals surface area contributed by atoms with Gasteiger partial charge in [0.1, 0.15) is 17.1 Å². The average Bonchev–Trinajstić information content (AvgIpc) is 2.73. The third-order valence-corrected chi connectivity index (χ3v) is 4.61. The van der Waals surface area contributed by atoms with Crippen molar-refractivity contribution in [3.63, 3.8) is 0 Å². The molecule has 0 saturated carbocycles. The quantitative estimate of drug-likeness (QED) is 0.261. The molecule has 0 bridgehead atoms. The monoisotopic (exact) mass is 431 g/mol. The maximum absolute atomic E-state index is 11.0. The van der Waals surface area contributed by atoms with Crippen molar-refractivity contribution < 1.29 is 20.1 Å². The van der Waals surface area contributed by atoms with Crippen LogP contribution in [0.25, 0.3) is 0 Å². The van der Waals surface area contributed by atoms with Gasteiger partial charge in [0.15, 0.2) is 0 Å². The minimum absolute atomic E-state index is 0.0586. The molecule has 11 heteroatoms. The number of phenols is 2. The molecule has 166 valence electrons. The van der Waals surface area contributed by atoms with E-state index in [0.717, 1.165) is 50.5 Å². The van der Waals surface area contributed by atoms with Crippen LogP contribution in [0.5, 0.6) is 11.5 Å². The van der Waals surface area contributed by atoms with E-state index in [2.05, 4.69) is 29.0 Å². The fraction of sp³-hybridized carbons (Fsp3) is 0.400. The number of non-ortho nitro benzene ring substituents is 1. The van der Waals surface area contributed by atoms with E-state index in [9.17, 15) is 30.4 Å². The predicted molar refractivity (Wildman–Crippen MR) is 116 cm³/mol. The summed E-state index contributed by atoms with van der Waals surface area (Å²) >= 11 is 0. The fourth-order valence-electron chi connectivity index (χ4n) is 2.88. The Morgan fingerprint density at radius 3 is 2.03 bits per heavy atom. The molecule has 0 atom stereocenters. The maximum Gasteiger partial charge on any atom is 0.319 e. The van der Waals surface area contributed by atoms with Crippen LogP contribution >= 0.6 is 0 Å². The lowest BCUT2D eigenvalue weighted by molar-refractivity contribution is -0.394. The summed E-state index contributed by atoms with van der Waals surface area (Å²) in [5.74, 6) is -1.01. The number of nitro groups is 2. The van der Waals surface area contributed by atoms with Crippen molar-refractivity contribution in [2.45, 2.75) is 39.5 Å². The van der Waals surface area contributed by atoms with Gasteiger partial charge in [-0.2, -0.15) is 0 Å². The van der Waals surface area contributed by atoms with E-state index in [1.807, 2.05) is 0 Å². The lowest BCUT2D eigenvalue weighted by Crippen LogP contribution is -2.25. The molecule has 0 heterocycles. The molecule has 2 aromatic rings. The van der Waals surface area contributed by atoms with E-state index in [4.69, 9.17) is 0 Å². The Hall–Kier alpha value is -3.76. The van der Waals surface area contributed by atoms with Gasteiger partial charge in [-0.15, -0.1) is 10.2 Å². The highest BCUT2D eigenvalue weighted by molar-refractivity contribution is 5.68. The third-order valence-electron chi connectivity index (χ3n) is 4.61. The first-order chi connectivity index (χ1) is 14.8. The molecule has 0 aromatic heterocycles. The molecular formula is C20H25N5O6. The average molecular weight is 431 g/mol. The van der Waals surface area contributed by atoms with Crippen LogP contribution < -0.4 is 4.90 Å². The second-order valence-electron chi connectivity index (χ2n) is 6.91. The van der Waals surface area contributed by atoms with Gasteiger partial charge in [0, 0.05) is 30.9 Å². The van der Waals surface area contributed by atoms with Crippen LogP contribution in [-0.2, 0) is 0 Å². The smallest absolute Gasteiger partial charge is 0.319 e. The normalized spacial score (nSPS) is 11.0. The molecule has 0 unspecified atom stereocenters. The van der Waals surface area contributed by atoms with Gasteiger partial charge in [-0.1, -0.05) is 26.7 Å². The Morgan fingerprint density at radius 2 is 1.52 bits per heavy atom. The molecule has 0 aliphatic carbocycles. The summed E-state index contributed by atoms with van der Waals surface area (Å²) in [6.07, 6.45) is 4.10. The molecule has 2 rings (SSSR count). The van der Waals surface area contributed by atoms with E-state index < -0.39 is 32.7 Å². The highest BCUT2D eigenvalue weighted by Crippen LogP contribution is 2.41. The highest BCUT2D eigenvalue weighted by Gasteiger charge is 2.24. The standard InChI is InChI=1S/C20H25N5O6/c1-3-5-9-23(10-6-4-2)14-7-8-16(19(26)13-14)21-22-17-11-15(24(28)29)12-18(20(17)27)25(30)31/h7-8,11-13,26-27H,3-6,9-10H2,1-2H3. The zero-order valence-electron chi connectivity index (χ0n) is 17.4. The molecular weight excluding hydrogens is 406 g/mol. The van der Waals surface area contributed by atoms with E-state index in [1.165, 1.54) is 6.07 Å². The van der Waals surface area contributed by atoms with E-state index in [-0.39, 0.29) is 11.4 Å². The topological polar surface area (TPSA) is 155 Å². The van der Waals surface area contributed by atoms with Crippen LogP contribution in [0.4, 0.5) is 28.4 Å². The molecule has 11 nitrogen and oxygen atoms in total. The molecule has 0 saturated heterocycles. The largest absolute Gasteiger partial charge is 0.506 e. The Morgan fingerprint density at radius 1 is 0.903 bits per heavy atom. The number of aromatic hydroxyl groups is 2. The summed E-state index contributed by atoms with van der Waals surface area (Å²) in [5.41, 5.74) is -1.03. The van der Waals surface area contributed by atoms with E-state index in [0.29, 0.717) is 6.07 Å². The van der Waals surface area contributed by atoms with Crippen LogP contribution in [0.15, 0.2) is 40.6 Å². The maximum atomic E-state index is 11.0. The first kappa shape index (κ1) is 23.5. The predicted octanol–water partition coefficient (Wildman–Crippen LogP) is 5.74. The van der Waals surface area contributed by atoms with Crippen LogP contribution in [0.1, 0.15) is 39.5 Å². The van der Waals surface area contributed by atoms with Gasteiger partial charge in [0.25, 0.3) is 5.69 Å². The van der Waals surface area contributed by atoms with Crippen LogP contribution in [-0.4, -0.2) is 33.1 Å². The summed E-state index contributed by atoms with van der Waals surface area (Å²) in [5, 5.41) is 49.9. The molecule has 31 heavy (non-hydrogen) atoms. The summed E-state index contributed by atoms with van der Waals surface area (Å²) in [7, 11) is 0. The first-order valence-corrected chi connectivity index (χ1v) is 9.93. The second kappa shape index (κ2) is 10.9. The van der Waals surface area contributed by atoms with Crippen LogP contribution in [0, 0.1) is 20.2 Å². The van der Waals surface area contributed by atoms with Gasteiger partial charge in [0.05, 0.1) is 15.9 Å². The van der Waals surface area contributed by atoms with Gasteiger partial charge in [0.2, 0.25) is 5.75 Å². The Kier molecular flexibility index (Phi) is 8.24.